The molecule has 0 saturated heterocycles. The molecule has 19 heavy (non-hydrogen) atoms. The minimum absolute atomic E-state index is 0.536. The van der Waals surface area contributed by atoms with Crippen LogP contribution in [0.15, 0.2) is 24.3 Å². The maximum Gasteiger partial charge on any atom is 0.131 e. The Hall–Kier alpha value is -1.97. The summed E-state index contributed by atoms with van der Waals surface area (Å²) in [4.78, 5) is 4.59. The minimum atomic E-state index is 0.536. The predicted octanol–water partition coefficient (Wildman–Crippen LogP) is 3.11. The van der Waals surface area contributed by atoms with Crippen molar-refractivity contribution in [3.8, 4) is 17.0 Å². The van der Waals surface area contributed by atoms with Crippen molar-refractivity contribution < 1.29 is 4.74 Å². The molecule has 0 spiro atoms. The summed E-state index contributed by atoms with van der Waals surface area (Å²) >= 11 is 0. The number of benzene rings is 1. The van der Waals surface area contributed by atoms with E-state index in [1.165, 1.54) is 0 Å². The van der Waals surface area contributed by atoms with Crippen LogP contribution in [0.2, 0.25) is 0 Å². The molecular formula is C15H21N3O. The number of imidazole rings is 1. The van der Waals surface area contributed by atoms with E-state index in [2.05, 4.69) is 23.4 Å². The second-order valence-electron chi connectivity index (χ2n) is 5.13. The fourth-order valence-corrected chi connectivity index (χ4v) is 2.16. The van der Waals surface area contributed by atoms with Gasteiger partial charge in [-0.1, -0.05) is 26.0 Å². The van der Waals surface area contributed by atoms with Crippen LogP contribution in [0.3, 0.4) is 0 Å². The van der Waals surface area contributed by atoms with Gasteiger partial charge in [-0.3, -0.25) is 0 Å². The first-order valence-corrected chi connectivity index (χ1v) is 6.50. The largest absolute Gasteiger partial charge is 0.497 e. The molecule has 0 saturated carbocycles. The van der Waals surface area contributed by atoms with Crippen molar-refractivity contribution in [2.45, 2.75) is 27.3 Å². The number of nitrogens with two attached hydrogens (primary N) is 1. The van der Waals surface area contributed by atoms with Gasteiger partial charge in [0.05, 0.1) is 7.11 Å². The third-order valence-electron chi connectivity index (χ3n) is 3.09. The molecule has 0 bridgehead atoms. The maximum absolute atomic E-state index is 6.24. The third kappa shape index (κ3) is 2.72. The molecule has 0 aliphatic heterocycles. The van der Waals surface area contributed by atoms with Crippen LogP contribution in [0.5, 0.6) is 5.75 Å². The highest BCUT2D eigenvalue weighted by Crippen LogP contribution is 2.29. The summed E-state index contributed by atoms with van der Waals surface area (Å²) in [5.74, 6) is 3.02. The second kappa shape index (κ2) is 5.34. The van der Waals surface area contributed by atoms with Crippen molar-refractivity contribution in [2.24, 2.45) is 5.92 Å². The van der Waals surface area contributed by atoms with Crippen molar-refractivity contribution in [1.82, 2.24) is 9.55 Å². The lowest BCUT2D eigenvalue weighted by atomic mass is 10.1. The number of methoxy groups -OCH3 is 1. The summed E-state index contributed by atoms with van der Waals surface area (Å²) in [6, 6.07) is 7.82. The zero-order chi connectivity index (χ0) is 14.0. The van der Waals surface area contributed by atoms with E-state index >= 15 is 0 Å². The molecule has 0 amide bonds. The molecule has 4 nitrogen and oxygen atoms in total. The van der Waals surface area contributed by atoms with Crippen LogP contribution in [-0.4, -0.2) is 16.7 Å². The van der Waals surface area contributed by atoms with Crippen LogP contribution in [0.1, 0.15) is 19.7 Å². The Balaban J connectivity index is 2.45. The molecule has 1 heterocycles. The van der Waals surface area contributed by atoms with Crippen LogP contribution in [0.4, 0.5) is 5.82 Å². The summed E-state index contributed by atoms with van der Waals surface area (Å²) in [5, 5.41) is 0. The Bertz CT molecular complexity index is 573. The standard InChI is InChI=1S/C15H21N3O/c1-10(2)9-18-11(3)17-14(15(18)16)12-6-5-7-13(8-12)19-4/h5-8,10H,9,16H2,1-4H3. The molecular weight excluding hydrogens is 238 g/mol. The number of anilines is 1. The summed E-state index contributed by atoms with van der Waals surface area (Å²) in [5.41, 5.74) is 8.05. The minimum Gasteiger partial charge on any atom is -0.497 e. The van der Waals surface area contributed by atoms with Gasteiger partial charge in [0.1, 0.15) is 23.1 Å². The first-order chi connectivity index (χ1) is 9.02. The number of ether oxygens (including phenoxy) is 1. The van der Waals surface area contributed by atoms with E-state index in [1.807, 2.05) is 31.2 Å². The summed E-state index contributed by atoms with van der Waals surface area (Å²) in [6.45, 7) is 7.21. The topological polar surface area (TPSA) is 53.1 Å². The first kappa shape index (κ1) is 13.5. The van der Waals surface area contributed by atoms with Crippen molar-refractivity contribution in [1.29, 1.82) is 0 Å². The molecule has 1 aromatic carbocycles. The highest BCUT2D eigenvalue weighted by molar-refractivity contribution is 5.72. The molecule has 102 valence electrons. The summed E-state index contributed by atoms with van der Waals surface area (Å²) < 4.78 is 7.31. The van der Waals surface area contributed by atoms with Gasteiger partial charge in [-0.25, -0.2) is 4.98 Å². The van der Waals surface area contributed by atoms with Gasteiger partial charge in [0, 0.05) is 12.1 Å². The predicted molar refractivity (Wildman–Crippen MR) is 78.2 cm³/mol. The third-order valence-corrected chi connectivity index (χ3v) is 3.09. The first-order valence-electron chi connectivity index (χ1n) is 6.50. The molecule has 0 atom stereocenters. The quantitative estimate of drug-likeness (QED) is 0.918. The molecule has 2 aromatic rings. The number of hydrogen-bond donors (Lipinski definition) is 1. The SMILES string of the molecule is COc1cccc(-c2nc(C)n(CC(C)C)c2N)c1. The van der Waals surface area contributed by atoms with E-state index in [4.69, 9.17) is 10.5 Å². The smallest absolute Gasteiger partial charge is 0.131 e. The lowest BCUT2D eigenvalue weighted by Gasteiger charge is -2.10. The van der Waals surface area contributed by atoms with Gasteiger partial charge < -0.3 is 15.0 Å². The van der Waals surface area contributed by atoms with E-state index in [-0.39, 0.29) is 0 Å². The fraction of sp³-hybridized carbons (Fsp3) is 0.400. The number of nitrogens with zero attached hydrogens (tertiary/aromatic N) is 2. The number of aromatic nitrogens is 2. The molecule has 0 aliphatic rings. The van der Waals surface area contributed by atoms with E-state index in [0.717, 1.165) is 35.2 Å². The van der Waals surface area contributed by atoms with Crippen LogP contribution >= 0.6 is 0 Å². The Kier molecular flexibility index (Phi) is 3.79. The average molecular weight is 259 g/mol. The van der Waals surface area contributed by atoms with Crippen molar-refractivity contribution >= 4 is 5.82 Å². The lowest BCUT2D eigenvalue weighted by Crippen LogP contribution is -2.09. The molecule has 0 radical (unpaired) electrons. The highest BCUT2D eigenvalue weighted by Gasteiger charge is 2.14. The van der Waals surface area contributed by atoms with Crippen molar-refractivity contribution in [3.63, 3.8) is 0 Å². The van der Waals surface area contributed by atoms with Gasteiger partial charge >= 0.3 is 0 Å². The van der Waals surface area contributed by atoms with Gasteiger partial charge in [-0.2, -0.15) is 0 Å². The molecule has 0 unspecified atom stereocenters. The van der Waals surface area contributed by atoms with Gasteiger partial charge in [0.15, 0.2) is 0 Å². The zero-order valence-corrected chi connectivity index (χ0v) is 12.0. The van der Waals surface area contributed by atoms with E-state index in [9.17, 15) is 0 Å². The van der Waals surface area contributed by atoms with Crippen LogP contribution in [0, 0.1) is 12.8 Å². The normalized spacial score (nSPS) is 11.0. The van der Waals surface area contributed by atoms with E-state index in [1.54, 1.807) is 7.11 Å². The number of hydrogen-bond acceptors (Lipinski definition) is 3. The van der Waals surface area contributed by atoms with Gasteiger partial charge in [-0.05, 0) is 25.0 Å². The molecule has 4 heteroatoms. The Labute approximate surface area is 114 Å². The number of nitrogen functional groups attached to an aromatic ring is 1. The number of rotatable bonds is 4. The molecule has 0 fully saturated rings. The Morgan fingerprint density at radius 2 is 2.11 bits per heavy atom. The van der Waals surface area contributed by atoms with Gasteiger partial charge in [-0.15, -0.1) is 0 Å². The van der Waals surface area contributed by atoms with E-state index in [0.29, 0.717) is 5.92 Å². The summed E-state index contributed by atoms with van der Waals surface area (Å²) in [6.07, 6.45) is 0. The van der Waals surface area contributed by atoms with Crippen LogP contribution in [0.25, 0.3) is 11.3 Å². The van der Waals surface area contributed by atoms with Crippen molar-refractivity contribution in [2.75, 3.05) is 12.8 Å². The van der Waals surface area contributed by atoms with Crippen molar-refractivity contribution in [3.05, 3.63) is 30.1 Å². The second-order valence-corrected chi connectivity index (χ2v) is 5.13. The Morgan fingerprint density at radius 1 is 1.37 bits per heavy atom. The highest BCUT2D eigenvalue weighted by atomic mass is 16.5. The zero-order valence-electron chi connectivity index (χ0n) is 12.0. The Morgan fingerprint density at radius 3 is 2.74 bits per heavy atom. The van der Waals surface area contributed by atoms with Gasteiger partial charge in [0.2, 0.25) is 0 Å². The average Bonchev–Trinajstić information content (AvgIpc) is 2.66. The summed E-state index contributed by atoms with van der Waals surface area (Å²) in [7, 11) is 1.66. The van der Waals surface area contributed by atoms with Gasteiger partial charge in [0.25, 0.3) is 0 Å². The van der Waals surface area contributed by atoms with E-state index < -0.39 is 0 Å². The number of aryl methyl sites for hydroxylation is 1. The maximum atomic E-state index is 6.24. The molecule has 2 rings (SSSR count). The lowest BCUT2D eigenvalue weighted by molar-refractivity contribution is 0.415. The van der Waals surface area contributed by atoms with Crippen LogP contribution < -0.4 is 10.5 Å². The van der Waals surface area contributed by atoms with Crippen LogP contribution in [-0.2, 0) is 6.54 Å². The monoisotopic (exact) mass is 259 g/mol. The molecule has 1 aromatic heterocycles. The molecule has 2 N–H and O–H groups in total. The fourth-order valence-electron chi connectivity index (χ4n) is 2.16. The molecule has 0 aliphatic carbocycles.